The van der Waals surface area contributed by atoms with Gasteiger partial charge in [0.05, 0.1) is 12.1 Å². The van der Waals surface area contributed by atoms with Gasteiger partial charge in [-0.2, -0.15) is 0 Å². The van der Waals surface area contributed by atoms with Gasteiger partial charge in [-0.25, -0.2) is 9.69 Å². The summed E-state index contributed by atoms with van der Waals surface area (Å²) in [6.45, 7) is 5.62. The molecule has 0 spiro atoms. The highest BCUT2D eigenvalue weighted by molar-refractivity contribution is 6.22. The number of carbonyl (C=O) groups excluding carboxylic acids is 3. The fraction of sp³-hybridized carbons (Fsp3) is 0.286. The fourth-order valence-electron chi connectivity index (χ4n) is 3.22. The predicted octanol–water partition coefficient (Wildman–Crippen LogP) is 3.57. The highest BCUT2D eigenvalue weighted by Gasteiger charge is 2.47. The summed E-state index contributed by atoms with van der Waals surface area (Å²) in [7, 11) is 0. The maximum Gasteiger partial charge on any atom is 0.332 e. The maximum absolute atomic E-state index is 13.0. The molecule has 1 aliphatic rings. The first-order valence-electron chi connectivity index (χ1n) is 8.96. The molecule has 0 unspecified atom stereocenters. The number of rotatable bonds is 5. The second-order valence-electron chi connectivity index (χ2n) is 6.93. The highest BCUT2D eigenvalue weighted by atomic mass is 16.2. The molecule has 6 nitrogen and oxygen atoms in total. The molecule has 2 aromatic rings. The molecule has 6 heteroatoms. The van der Waals surface area contributed by atoms with E-state index in [4.69, 9.17) is 0 Å². The van der Waals surface area contributed by atoms with E-state index >= 15 is 0 Å². The number of urea groups is 1. The summed E-state index contributed by atoms with van der Waals surface area (Å²) >= 11 is 0. The van der Waals surface area contributed by atoms with E-state index in [1.165, 1.54) is 9.80 Å². The Morgan fingerprint density at radius 1 is 1.04 bits per heavy atom. The van der Waals surface area contributed by atoms with Crippen LogP contribution in [0.5, 0.6) is 0 Å². The largest absolute Gasteiger partial charge is 0.332 e. The fourth-order valence-corrected chi connectivity index (χ4v) is 3.22. The molecule has 1 fully saturated rings. The number of imide groups is 1. The average molecular weight is 365 g/mol. The van der Waals surface area contributed by atoms with Gasteiger partial charge in [0.2, 0.25) is 5.91 Å². The topological polar surface area (TPSA) is 69.7 Å². The quantitative estimate of drug-likeness (QED) is 0.824. The van der Waals surface area contributed by atoms with Gasteiger partial charge in [-0.05, 0) is 45.0 Å². The summed E-state index contributed by atoms with van der Waals surface area (Å²) < 4.78 is 0. The van der Waals surface area contributed by atoms with Crippen LogP contribution >= 0.6 is 0 Å². The molecule has 1 saturated heterocycles. The van der Waals surface area contributed by atoms with Gasteiger partial charge in [-0.3, -0.25) is 9.59 Å². The molecular formula is C21H23N3O3. The molecule has 27 heavy (non-hydrogen) atoms. The van der Waals surface area contributed by atoms with E-state index in [0.29, 0.717) is 11.4 Å². The third kappa shape index (κ3) is 3.84. The van der Waals surface area contributed by atoms with Crippen molar-refractivity contribution in [2.45, 2.75) is 39.3 Å². The zero-order valence-electron chi connectivity index (χ0n) is 15.7. The molecule has 0 aromatic heterocycles. The second kappa shape index (κ2) is 7.61. The summed E-state index contributed by atoms with van der Waals surface area (Å²) in [5.74, 6) is -0.676. The Morgan fingerprint density at radius 2 is 1.67 bits per heavy atom. The summed E-state index contributed by atoms with van der Waals surface area (Å²) in [6.07, 6.45) is -0.0833. The first-order valence-corrected chi connectivity index (χ1v) is 8.96. The minimum absolute atomic E-state index is 0.0833. The van der Waals surface area contributed by atoms with Crippen molar-refractivity contribution in [2.75, 3.05) is 10.2 Å². The van der Waals surface area contributed by atoms with Gasteiger partial charge in [0.15, 0.2) is 0 Å². The zero-order valence-corrected chi connectivity index (χ0v) is 15.7. The molecule has 2 aromatic carbocycles. The van der Waals surface area contributed by atoms with Gasteiger partial charge in [0.25, 0.3) is 5.91 Å². The summed E-state index contributed by atoms with van der Waals surface area (Å²) in [5, 5.41) is 2.78. The lowest BCUT2D eigenvalue weighted by Crippen LogP contribution is -2.42. The first-order chi connectivity index (χ1) is 12.9. The predicted molar refractivity (Wildman–Crippen MR) is 105 cm³/mol. The number of carbonyl (C=O) groups is 3. The van der Waals surface area contributed by atoms with Gasteiger partial charge in [0.1, 0.15) is 6.04 Å². The van der Waals surface area contributed by atoms with Crippen molar-refractivity contribution in [3.05, 3.63) is 60.2 Å². The monoisotopic (exact) mass is 365 g/mol. The van der Waals surface area contributed by atoms with E-state index in [2.05, 4.69) is 5.32 Å². The van der Waals surface area contributed by atoms with Crippen molar-refractivity contribution in [2.24, 2.45) is 0 Å². The van der Waals surface area contributed by atoms with Gasteiger partial charge >= 0.3 is 6.03 Å². The van der Waals surface area contributed by atoms with Crippen LogP contribution < -0.4 is 10.2 Å². The Labute approximate surface area is 158 Å². The SMILES string of the molecule is Cc1ccc(N2C(=O)[C@H](CC(=O)Nc3ccccc3)N(C(C)C)C2=O)cc1. The number of para-hydroxylation sites is 1. The molecular weight excluding hydrogens is 342 g/mol. The number of nitrogens with zero attached hydrogens (tertiary/aromatic N) is 2. The molecule has 4 amide bonds. The van der Waals surface area contributed by atoms with Crippen LogP contribution in [-0.4, -0.2) is 34.8 Å². The van der Waals surface area contributed by atoms with Crippen LogP contribution in [0, 0.1) is 6.92 Å². The molecule has 1 atom stereocenters. The van der Waals surface area contributed by atoms with Crippen LogP contribution in [-0.2, 0) is 9.59 Å². The van der Waals surface area contributed by atoms with Crippen molar-refractivity contribution in [1.82, 2.24) is 4.90 Å². The van der Waals surface area contributed by atoms with Crippen LogP contribution in [0.4, 0.5) is 16.2 Å². The lowest BCUT2D eigenvalue weighted by molar-refractivity contribution is -0.124. The standard InChI is InChI=1S/C21H23N3O3/c1-14(2)23-18(13-19(25)22-16-7-5-4-6-8-16)20(26)24(21(23)27)17-11-9-15(3)10-12-17/h4-12,14,18H,13H2,1-3H3,(H,22,25)/t18-/m0/s1. The van der Waals surface area contributed by atoms with Crippen molar-refractivity contribution in [3.63, 3.8) is 0 Å². The number of hydrogen-bond acceptors (Lipinski definition) is 3. The number of nitrogens with one attached hydrogen (secondary N) is 1. The van der Waals surface area contributed by atoms with E-state index < -0.39 is 12.1 Å². The van der Waals surface area contributed by atoms with Crippen LogP contribution in [0.25, 0.3) is 0 Å². The van der Waals surface area contributed by atoms with E-state index in [1.54, 1.807) is 24.3 Å². The van der Waals surface area contributed by atoms with Crippen molar-refractivity contribution < 1.29 is 14.4 Å². The Kier molecular flexibility index (Phi) is 5.26. The Bertz CT molecular complexity index is 847. The summed E-state index contributed by atoms with van der Waals surface area (Å²) in [6, 6.07) is 14.8. The molecule has 0 bridgehead atoms. The van der Waals surface area contributed by atoms with Crippen LogP contribution in [0.1, 0.15) is 25.8 Å². The van der Waals surface area contributed by atoms with Gasteiger partial charge in [-0.15, -0.1) is 0 Å². The van der Waals surface area contributed by atoms with Crippen LogP contribution in [0.2, 0.25) is 0 Å². The molecule has 1 heterocycles. The lowest BCUT2D eigenvalue weighted by Gasteiger charge is -2.25. The first kappa shape index (κ1) is 18.6. The number of hydrogen-bond donors (Lipinski definition) is 1. The third-order valence-corrected chi connectivity index (χ3v) is 4.54. The highest BCUT2D eigenvalue weighted by Crippen LogP contribution is 2.29. The third-order valence-electron chi connectivity index (χ3n) is 4.54. The van der Waals surface area contributed by atoms with Gasteiger partial charge in [0, 0.05) is 11.7 Å². The van der Waals surface area contributed by atoms with E-state index in [9.17, 15) is 14.4 Å². The van der Waals surface area contributed by atoms with E-state index in [1.807, 2.05) is 51.1 Å². The van der Waals surface area contributed by atoms with Crippen molar-refractivity contribution in [3.8, 4) is 0 Å². The zero-order chi connectivity index (χ0) is 19.6. The summed E-state index contributed by atoms with van der Waals surface area (Å²) in [4.78, 5) is 41.0. The number of benzene rings is 2. The Morgan fingerprint density at radius 3 is 2.26 bits per heavy atom. The molecule has 140 valence electrons. The Balaban J connectivity index is 1.82. The number of anilines is 2. The molecule has 1 N–H and O–H groups in total. The smallest absolute Gasteiger partial charge is 0.326 e. The minimum atomic E-state index is -0.817. The average Bonchev–Trinajstić information content (AvgIpc) is 2.87. The molecule has 3 rings (SSSR count). The van der Waals surface area contributed by atoms with E-state index in [-0.39, 0.29) is 24.3 Å². The van der Waals surface area contributed by atoms with E-state index in [0.717, 1.165) is 5.56 Å². The van der Waals surface area contributed by atoms with Crippen molar-refractivity contribution >= 4 is 29.2 Å². The molecule has 0 aliphatic carbocycles. The van der Waals surface area contributed by atoms with Crippen LogP contribution in [0.15, 0.2) is 54.6 Å². The lowest BCUT2D eigenvalue weighted by atomic mass is 10.1. The van der Waals surface area contributed by atoms with Gasteiger partial charge in [-0.1, -0.05) is 35.9 Å². The normalized spacial score (nSPS) is 17.0. The maximum atomic E-state index is 13.0. The molecule has 0 radical (unpaired) electrons. The minimum Gasteiger partial charge on any atom is -0.326 e. The van der Waals surface area contributed by atoms with Crippen molar-refractivity contribution in [1.29, 1.82) is 0 Å². The molecule has 1 aliphatic heterocycles. The van der Waals surface area contributed by atoms with Crippen LogP contribution in [0.3, 0.4) is 0 Å². The number of amides is 4. The van der Waals surface area contributed by atoms with Gasteiger partial charge < -0.3 is 10.2 Å². The number of aryl methyl sites for hydroxylation is 1. The molecule has 0 saturated carbocycles. The Hall–Kier alpha value is -3.15. The summed E-state index contributed by atoms with van der Waals surface area (Å²) in [5.41, 5.74) is 2.22. The second-order valence-corrected chi connectivity index (χ2v) is 6.93.